The Labute approximate surface area is 143 Å². The highest BCUT2D eigenvalue weighted by Crippen LogP contribution is 2.41. The lowest BCUT2D eigenvalue weighted by Crippen LogP contribution is -2.60. The van der Waals surface area contributed by atoms with Crippen molar-refractivity contribution in [2.45, 2.75) is 50.2 Å². The Morgan fingerprint density at radius 3 is 2.60 bits per heavy atom. The van der Waals surface area contributed by atoms with Gasteiger partial charge in [0.15, 0.2) is 11.5 Å². The molecule has 1 saturated heterocycles. The maximum atomic E-state index is 11.3. The van der Waals surface area contributed by atoms with Gasteiger partial charge in [-0.3, -0.25) is 0 Å². The van der Waals surface area contributed by atoms with E-state index in [0.717, 1.165) is 0 Å². The number of hydrogen-bond donors (Lipinski definition) is 5. The van der Waals surface area contributed by atoms with E-state index in [9.17, 15) is 30.3 Å². The zero-order chi connectivity index (χ0) is 18.3. The molecule has 2 aliphatic heterocycles. The molecule has 1 aromatic carbocycles. The van der Waals surface area contributed by atoms with Crippen LogP contribution >= 0.6 is 0 Å². The Balaban J connectivity index is 1.88. The largest absolute Gasteiger partial charge is 0.486 e. The smallest absolute Gasteiger partial charge is 0.336 e. The van der Waals surface area contributed by atoms with Crippen molar-refractivity contribution in [3.63, 3.8) is 0 Å². The van der Waals surface area contributed by atoms with Crippen molar-refractivity contribution in [2.75, 3.05) is 6.61 Å². The molecule has 0 spiro atoms. The predicted molar refractivity (Wildman–Crippen MR) is 81.6 cm³/mol. The molecule has 138 valence electrons. The number of hydrogen-bond acceptors (Lipinski definition) is 8. The summed E-state index contributed by atoms with van der Waals surface area (Å²) in [6.45, 7) is 1.21. The van der Waals surface area contributed by atoms with Crippen LogP contribution < -0.4 is 9.47 Å². The first-order valence-electron chi connectivity index (χ1n) is 7.86. The lowest BCUT2D eigenvalue weighted by molar-refractivity contribution is -0.277. The number of benzene rings is 1. The van der Waals surface area contributed by atoms with Gasteiger partial charge in [-0.05, 0) is 19.1 Å². The maximum absolute atomic E-state index is 11.3. The van der Waals surface area contributed by atoms with Crippen LogP contribution in [0.2, 0.25) is 0 Å². The summed E-state index contributed by atoms with van der Waals surface area (Å²) in [5.41, 5.74) is 0.572. The first-order chi connectivity index (χ1) is 11.8. The van der Waals surface area contributed by atoms with Gasteiger partial charge in [0.05, 0.1) is 12.2 Å². The summed E-state index contributed by atoms with van der Waals surface area (Å²) in [6.07, 6.45) is -6.94. The molecule has 0 aromatic heterocycles. The number of ether oxygens (including phenoxy) is 3. The summed E-state index contributed by atoms with van der Waals surface area (Å²) in [6, 6.07) is 2.74. The standard InChI is InChI=1S/C16H20O9/c1-6-4-8-7(15(21)22)2-3-9(14(8)23-6)24-16-13(20)12(19)11(18)10(5-17)25-16/h2-3,6,10-13,16-20H,4-5H2,1H3,(H,21,22). The van der Waals surface area contributed by atoms with Crippen molar-refractivity contribution in [2.24, 2.45) is 0 Å². The van der Waals surface area contributed by atoms with Gasteiger partial charge < -0.3 is 39.7 Å². The number of carboxylic acid groups (broad SMARTS) is 1. The van der Waals surface area contributed by atoms with Crippen LogP contribution in [0.25, 0.3) is 0 Å². The van der Waals surface area contributed by atoms with Crippen molar-refractivity contribution in [3.8, 4) is 11.5 Å². The number of aliphatic hydroxyl groups is 4. The molecule has 25 heavy (non-hydrogen) atoms. The Kier molecular flexibility index (Phi) is 4.85. The van der Waals surface area contributed by atoms with Gasteiger partial charge in [-0.1, -0.05) is 0 Å². The fraction of sp³-hybridized carbons (Fsp3) is 0.562. The third-order valence-corrected chi connectivity index (χ3v) is 4.36. The van der Waals surface area contributed by atoms with Crippen LogP contribution in [0.15, 0.2) is 12.1 Å². The molecule has 1 aromatic rings. The van der Waals surface area contributed by atoms with Crippen molar-refractivity contribution in [1.82, 2.24) is 0 Å². The summed E-state index contributed by atoms with van der Waals surface area (Å²) in [7, 11) is 0. The molecule has 6 atom stereocenters. The van der Waals surface area contributed by atoms with Crippen LogP contribution in [0.4, 0.5) is 0 Å². The highest BCUT2D eigenvalue weighted by molar-refractivity contribution is 5.91. The minimum Gasteiger partial charge on any atom is -0.486 e. The van der Waals surface area contributed by atoms with E-state index in [4.69, 9.17) is 14.2 Å². The molecule has 1 fully saturated rings. The molecule has 9 nitrogen and oxygen atoms in total. The topological polar surface area (TPSA) is 146 Å². The quantitative estimate of drug-likeness (QED) is 0.453. The molecular formula is C16H20O9. The number of aliphatic hydroxyl groups excluding tert-OH is 4. The van der Waals surface area contributed by atoms with E-state index in [1.807, 2.05) is 0 Å². The molecule has 0 amide bonds. The van der Waals surface area contributed by atoms with Gasteiger partial charge >= 0.3 is 5.97 Å². The van der Waals surface area contributed by atoms with Gasteiger partial charge in [0.25, 0.3) is 0 Å². The first-order valence-corrected chi connectivity index (χ1v) is 7.86. The van der Waals surface area contributed by atoms with Crippen LogP contribution in [0.3, 0.4) is 0 Å². The number of carbonyl (C=O) groups is 1. The van der Waals surface area contributed by atoms with Crippen molar-refractivity contribution in [1.29, 1.82) is 0 Å². The van der Waals surface area contributed by atoms with Crippen LogP contribution in [0, 0.1) is 0 Å². The second-order valence-corrected chi connectivity index (χ2v) is 6.17. The lowest BCUT2D eigenvalue weighted by atomic mass is 9.99. The lowest BCUT2D eigenvalue weighted by Gasteiger charge is -2.39. The zero-order valence-electron chi connectivity index (χ0n) is 13.4. The first kappa shape index (κ1) is 17.9. The van der Waals surface area contributed by atoms with Gasteiger partial charge in [0.1, 0.15) is 30.5 Å². The monoisotopic (exact) mass is 356 g/mol. The predicted octanol–water partition coefficient (Wildman–Crippen LogP) is -1.11. The van der Waals surface area contributed by atoms with E-state index in [1.54, 1.807) is 6.92 Å². The van der Waals surface area contributed by atoms with E-state index < -0.39 is 43.3 Å². The Morgan fingerprint density at radius 1 is 1.24 bits per heavy atom. The molecule has 2 aliphatic rings. The Bertz CT molecular complexity index is 659. The molecular weight excluding hydrogens is 336 g/mol. The summed E-state index contributed by atoms with van der Waals surface area (Å²) in [5, 5.41) is 48.1. The molecule has 0 bridgehead atoms. The summed E-state index contributed by atoms with van der Waals surface area (Å²) in [4.78, 5) is 11.3. The van der Waals surface area contributed by atoms with Gasteiger partial charge in [-0.2, -0.15) is 0 Å². The molecule has 9 heteroatoms. The van der Waals surface area contributed by atoms with Gasteiger partial charge in [0, 0.05) is 12.0 Å². The summed E-state index contributed by atoms with van der Waals surface area (Å²) < 4.78 is 16.5. The molecule has 0 radical (unpaired) electrons. The van der Waals surface area contributed by atoms with E-state index >= 15 is 0 Å². The molecule has 2 heterocycles. The Hall–Kier alpha value is -1.91. The van der Waals surface area contributed by atoms with Crippen LogP contribution in [-0.2, 0) is 11.2 Å². The molecule has 6 unspecified atom stereocenters. The number of carboxylic acids is 1. The van der Waals surface area contributed by atoms with Crippen LogP contribution in [0.1, 0.15) is 22.8 Å². The number of aromatic carboxylic acids is 1. The minimum absolute atomic E-state index is 0.0977. The number of rotatable bonds is 4. The van der Waals surface area contributed by atoms with Crippen molar-refractivity contribution < 1.29 is 44.5 Å². The normalized spacial score (nSPS) is 34.3. The third-order valence-electron chi connectivity index (χ3n) is 4.36. The average molecular weight is 356 g/mol. The highest BCUT2D eigenvalue weighted by atomic mass is 16.7. The second-order valence-electron chi connectivity index (χ2n) is 6.17. The van der Waals surface area contributed by atoms with E-state index in [-0.39, 0.29) is 23.2 Å². The summed E-state index contributed by atoms with van der Waals surface area (Å²) >= 11 is 0. The average Bonchev–Trinajstić information content (AvgIpc) is 2.96. The maximum Gasteiger partial charge on any atom is 0.336 e. The fourth-order valence-corrected chi connectivity index (χ4v) is 3.05. The highest BCUT2D eigenvalue weighted by Gasteiger charge is 2.45. The van der Waals surface area contributed by atoms with Crippen LogP contribution in [-0.4, -0.2) is 74.9 Å². The minimum atomic E-state index is -1.57. The van der Waals surface area contributed by atoms with Gasteiger partial charge in [-0.15, -0.1) is 0 Å². The third kappa shape index (κ3) is 3.16. The van der Waals surface area contributed by atoms with Crippen LogP contribution in [0.5, 0.6) is 11.5 Å². The second kappa shape index (κ2) is 6.77. The van der Waals surface area contributed by atoms with Gasteiger partial charge in [-0.25, -0.2) is 4.79 Å². The number of fused-ring (bicyclic) bond motifs is 1. The van der Waals surface area contributed by atoms with E-state index in [1.165, 1.54) is 12.1 Å². The molecule has 0 saturated carbocycles. The van der Waals surface area contributed by atoms with Crippen molar-refractivity contribution in [3.05, 3.63) is 23.3 Å². The molecule has 5 N–H and O–H groups in total. The van der Waals surface area contributed by atoms with E-state index in [2.05, 4.69) is 0 Å². The fourth-order valence-electron chi connectivity index (χ4n) is 3.05. The van der Waals surface area contributed by atoms with Gasteiger partial charge in [0.2, 0.25) is 6.29 Å². The SMILES string of the molecule is CC1Cc2c(C(=O)O)ccc(OC3OC(CO)C(O)C(O)C3O)c2O1. The zero-order valence-corrected chi connectivity index (χ0v) is 13.4. The van der Waals surface area contributed by atoms with E-state index in [0.29, 0.717) is 12.0 Å². The molecule has 0 aliphatic carbocycles. The molecule has 3 rings (SSSR count). The summed E-state index contributed by atoms with van der Waals surface area (Å²) in [5.74, 6) is -0.702. The van der Waals surface area contributed by atoms with Crippen molar-refractivity contribution >= 4 is 5.97 Å². The Morgan fingerprint density at radius 2 is 1.96 bits per heavy atom.